The number of likely N-dealkylation sites (tertiary alicyclic amines) is 1. The third-order valence-corrected chi connectivity index (χ3v) is 4.47. The lowest BCUT2D eigenvalue weighted by atomic mass is 9.94. The van der Waals surface area contributed by atoms with Crippen molar-refractivity contribution in [3.8, 4) is 11.6 Å². The van der Waals surface area contributed by atoms with Crippen LogP contribution >= 0.6 is 0 Å². The van der Waals surface area contributed by atoms with Crippen LogP contribution in [0, 0.1) is 0 Å². The summed E-state index contributed by atoms with van der Waals surface area (Å²) in [5.74, 6) is 2.71. The molecule has 0 unspecified atom stereocenters. The van der Waals surface area contributed by atoms with Gasteiger partial charge in [-0.2, -0.15) is 0 Å². The molecule has 1 saturated heterocycles. The molecule has 1 atom stereocenters. The topological polar surface area (TPSA) is 66.9 Å². The van der Waals surface area contributed by atoms with Crippen molar-refractivity contribution in [1.82, 2.24) is 24.8 Å². The first kappa shape index (κ1) is 15.8. The largest absolute Gasteiger partial charge is 0.437 e. The molecule has 0 amide bonds. The first-order valence-electron chi connectivity index (χ1n) is 8.63. The van der Waals surface area contributed by atoms with E-state index in [1.165, 1.54) is 0 Å². The third-order valence-electron chi connectivity index (χ3n) is 4.47. The van der Waals surface area contributed by atoms with Gasteiger partial charge in [-0.1, -0.05) is 18.2 Å². The van der Waals surface area contributed by atoms with Gasteiger partial charge in [-0.15, -0.1) is 0 Å². The number of aromatic nitrogens is 4. The molecule has 25 heavy (non-hydrogen) atoms. The van der Waals surface area contributed by atoms with Gasteiger partial charge in [0.05, 0.1) is 6.54 Å². The Morgan fingerprint density at radius 3 is 2.80 bits per heavy atom. The van der Waals surface area contributed by atoms with Gasteiger partial charge in [0, 0.05) is 37.3 Å². The molecule has 4 rings (SSSR count). The quantitative estimate of drug-likeness (QED) is 0.774. The lowest BCUT2D eigenvalue weighted by Crippen LogP contribution is -2.34. The van der Waals surface area contributed by atoms with Crippen LogP contribution in [0.3, 0.4) is 0 Å². The van der Waals surface area contributed by atoms with Crippen LogP contribution in [0.2, 0.25) is 0 Å². The molecular weight excluding hydrogens is 314 g/mol. The highest BCUT2D eigenvalue weighted by molar-refractivity contribution is 5.30. The van der Waals surface area contributed by atoms with Crippen molar-refractivity contribution in [2.75, 3.05) is 13.1 Å². The molecule has 1 aliphatic heterocycles. The molecule has 3 aromatic rings. The van der Waals surface area contributed by atoms with Crippen molar-refractivity contribution in [1.29, 1.82) is 0 Å². The van der Waals surface area contributed by atoms with E-state index in [0.29, 0.717) is 11.8 Å². The van der Waals surface area contributed by atoms with Crippen LogP contribution in [-0.2, 0) is 6.54 Å². The zero-order chi connectivity index (χ0) is 16.9. The van der Waals surface area contributed by atoms with Crippen LogP contribution in [0.5, 0.6) is 11.6 Å². The van der Waals surface area contributed by atoms with Crippen molar-refractivity contribution in [2.24, 2.45) is 0 Å². The van der Waals surface area contributed by atoms with Gasteiger partial charge in [0.1, 0.15) is 17.3 Å². The highest BCUT2D eigenvalue weighted by Gasteiger charge is 2.26. The van der Waals surface area contributed by atoms with Crippen LogP contribution in [-0.4, -0.2) is 37.9 Å². The van der Waals surface area contributed by atoms with Crippen molar-refractivity contribution in [3.05, 3.63) is 66.6 Å². The maximum atomic E-state index is 5.99. The molecule has 128 valence electrons. The standard InChI is InChI=1S/C19H21N5O/c1-2-6-16(7-3-1)25-19-18(22-10-11-23-19)15-5-4-12-24(13-15)14-17-20-8-9-21-17/h1-3,6-11,15H,4-5,12-14H2,(H,20,21)/t15-/m1/s1. The minimum Gasteiger partial charge on any atom is -0.437 e. The molecule has 0 radical (unpaired) electrons. The van der Waals surface area contributed by atoms with Gasteiger partial charge in [0.2, 0.25) is 5.88 Å². The minimum atomic E-state index is 0.316. The molecule has 1 aromatic carbocycles. The molecule has 1 N–H and O–H groups in total. The minimum absolute atomic E-state index is 0.316. The molecule has 6 nitrogen and oxygen atoms in total. The van der Waals surface area contributed by atoms with Crippen LogP contribution < -0.4 is 4.74 Å². The highest BCUT2D eigenvalue weighted by atomic mass is 16.5. The second-order valence-electron chi connectivity index (χ2n) is 6.27. The van der Waals surface area contributed by atoms with Gasteiger partial charge >= 0.3 is 0 Å². The van der Waals surface area contributed by atoms with E-state index in [9.17, 15) is 0 Å². The summed E-state index contributed by atoms with van der Waals surface area (Å²) in [5, 5.41) is 0. The molecule has 1 fully saturated rings. The van der Waals surface area contributed by atoms with E-state index in [4.69, 9.17) is 4.74 Å². The first-order chi connectivity index (χ1) is 12.4. The van der Waals surface area contributed by atoms with Crippen LogP contribution in [0.25, 0.3) is 0 Å². The zero-order valence-electron chi connectivity index (χ0n) is 14.0. The average Bonchev–Trinajstić information content (AvgIpc) is 3.16. The molecule has 0 aliphatic carbocycles. The molecule has 2 aromatic heterocycles. The molecule has 0 bridgehead atoms. The summed E-state index contributed by atoms with van der Waals surface area (Å²) < 4.78 is 5.99. The maximum Gasteiger partial charge on any atom is 0.241 e. The fraction of sp³-hybridized carbons (Fsp3) is 0.316. The van der Waals surface area contributed by atoms with Crippen LogP contribution in [0.15, 0.2) is 55.1 Å². The number of para-hydroxylation sites is 1. The third kappa shape index (κ3) is 3.85. The SMILES string of the molecule is c1ccc(Oc2nccnc2[C@@H]2CCCN(Cc3ncc[nH]3)C2)cc1. The Balaban J connectivity index is 1.51. The highest BCUT2D eigenvalue weighted by Crippen LogP contribution is 2.32. The van der Waals surface area contributed by atoms with Crippen molar-refractivity contribution >= 4 is 0 Å². The fourth-order valence-corrected chi connectivity index (χ4v) is 3.31. The summed E-state index contributed by atoms with van der Waals surface area (Å²) in [5.41, 5.74) is 0.940. The number of imidazole rings is 1. The van der Waals surface area contributed by atoms with Crippen LogP contribution in [0.1, 0.15) is 30.3 Å². The Kier molecular flexibility index (Phi) is 4.70. The lowest BCUT2D eigenvalue weighted by Gasteiger charge is -2.32. The van der Waals surface area contributed by atoms with E-state index >= 15 is 0 Å². The number of benzene rings is 1. The van der Waals surface area contributed by atoms with Gasteiger partial charge in [-0.25, -0.2) is 9.97 Å². The van der Waals surface area contributed by atoms with E-state index in [-0.39, 0.29) is 0 Å². The number of nitrogens with one attached hydrogen (secondary N) is 1. The van der Waals surface area contributed by atoms with Gasteiger partial charge < -0.3 is 9.72 Å². The summed E-state index contributed by atoms with van der Waals surface area (Å²) in [4.78, 5) is 18.9. The van der Waals surface area contributed by atoms with Crippen LogP contribution in [0.4, 0.5) is 0 Å². The summed E-state index contributed by atoms with van der Waals surface area (Å²) in [7, 11) is 0. The number of rotatable bonds is 5. The second kappa shape index (κ2) is 7.44. The fourth-order valence-electron chi connectivity index (χ4n) is 3.31. The average molecular weight is 335 g/mol. The normalized spacial score (nSPS) is 18.2. The number of nitrogens with zero attached hydrogens (tertiary/aromatic N) is 4. The van der Waals surface area contributed by atoms with E-state index < -0.39 is 0 Å². The molecule has 6 heteroatoms. The number of H-pyrrole nitrogens is 1. The van der Waals surface area contributed by atoms with Gasteiger partial charge in [0.15, 0.2) is 0 Å². The predicted octanol–water partition coefficient (Wildman–Crippen LogP) is 3.37. The predicted molar refractivity (Wildman–Crippen MR) is 94.4 cm³/mol. The Bertz CT molecular complexity index is 791. The first-order valence-corrected chi connectivity index (χ1v) is 8.63. The summed E-state index contributed by atoms with van der Waals surface area (Å²) in [6.45, 7) is 2.84. The summed E-state index contributed by atoms with van der Waals surface area (Å²) in [6, 6.07) is 9.75. The summed E-state index contributed by atoms with van der Waals surface area (Å²) >= 11 is 0. The van der Waals surface area contributed by atoms with Crippen molar-refractivity contribution in [3.63, 3.8) is 0 Å². The monoisotopic (exact) mass is 335 g/mol. The number of aromatic amines is 1. The van der Waals surface area contributed by atoms with E-state index in [1.807, 2.05) is 36.5 Å². The Labute approximate surface area is 146 Å². The van der Waals surface area contributed by atoms with E-state index in [1.54, 1.807) is 18.6 Å². The number of hydrogen-bond acceptors (Lipinski definition) is 5. The second-order valence-corrected chi connectivity index (χ2v) is 6.27. The summed E-state index contributed by atoms with van der Waals surface area (Å²) in [6.07, 6.45) is 9.32. The smallest absolute Gasteiger partial charge is 0.241 e. The van der Waals surface area contributed by atoms with E-state index in [2.05, 4.69) is 24.8 Å². The van der Waals surface area contributed by atoms with Gasteiger partial charge in [0.25, 0.3) is 0 Å². The van der Waals surface area contributed by atoms with Gasteiger partial charge in [-0.05, 0) is 31.5 Å². The molecule has 0 spiro atoms. The molecule has 1 aliphatic rings. The molecular formula is C19H21N5O. The van der Waals surface area contributed by atoms with E-state index in [0.717, 1.165) is 49.7 Å². The Morgan fingerprint density at radius 1 is 1.08 bits per heavy atom. The van der Waals surface area contributed by atoms with Gasteiger partial charge in [-0.3, -0.25) is 9.88 Å². The zero-order valence-corrected chi connectivity index (χ0v) is 14.0. The number of hydrogen-bond donors (Lipinski definition) is 1. The number of ether oxygens (including phenoxy) is 1. The number of piperidine rings is 1. The lowest BCUT2D eigenvalue weighted by molar-refractivity contribution is 0.193. The Hall–Kier alpha value is -2.73. The van der Waals surface area contributed by atoms with Crippen molar-refractivity contribution in [2.45, 2.75) is 25.3 Å². The van der Waals surface area contributed by atoms with Crippen molar-refractivity contribution < 1.29 is 4.74 Å². The molecule has 3 heterocycles. The molecule has 0 saturated carbocycles. The maximum absolute atomic E-state index is 5.99. The Morgan fingerprint density at radius 2 is 1.96 bits per heavy atom.